The maximum Gasteiger partial charge on any atom is 0.0400 e. The van der Waals surface area contributed by atoms with Crippen molar-refractivity contribution >= 4 is 21.6 Å². The molecule has 0 atom stereocenters. The van der Waals surface area contributed by atoms with Gasteiger partial charge in [-0.1, -0.05) is 40.2 Å². The van der Waals surface area contributed by atoms with E-state index in [1.165, 1.54) is 36.1 Å². The van der Waals surface area contributed by atoms with E-state index in [1.807, 2.05) is 0 Å². The standard InChI is InChI=1S/C17H18BrN/c1-12-16(18)6-3-7-17(12)19-11-13-8-9-14-4-2-5-15(14)10-13/h3,6-10,19H,2,4-5,11H2,1H3. The Labute approximate surface area is 123 Å². The van der Waals surface area contributed by atoms with E-state index in [4.69, 9.17) is 0 Å². The maximum absolute atomic E-state index is 3.57. The highest BCUT2D eigenvalue weighted by Crippen LogP contribution is 2.25. The molecular weight excluding hydrogens is 298 g/mol. The number of halogens is 1. The van der Waals surface area contributed by atoms with Crippen LogP contribution in [0.2, 0.25) is 0 Å². The molecule has 98 valence electrons. The quantitative estimate of drug-likeness (QED) is 0.853. The Kier molecular flexibility index (Phi) is 3.61. The van der Waals surface area contributed by atoms with Gasteiger partial charge < -0.3 is 5.32 Å². The van der Waals surface area contributed by atoms with Crippen LogP contribution in [0.5, 0.6) is 0 Å². The molecule has 3 rings (SSSR count). The number of hydrogen-bond acceptors (Lipinski definition) is 1. The number of anilines is 1. The second-order valence-electron chi connectivity index (χ2n) is 5.22. The van der Waals surface area contributed by atoms with E-state index in [0.717, 1.165) is 11.0 Å². The summed E-state index contributed by atoms with van der Waals surface area (Å²) >= 11 is 3.57. The normalized spacial score (nSPS) is 13.4. The molecule has 0 fully saturated rings. The average molecular weight is 316 g/mol. The lowest BCUT2D eigenvalue weighted by atomic mass is 10.1. The van der Waals surface area contributed by atoms with Gasteiger partial charge in [0.05, 0.1) is 0 Å². The van der Waals surface area contributed by atoms with Gasteiger partial charge in [-0.2, -0.15) is 0 Å². The second kappa shape index (κ2) is 5.38. The lowest BCUT2D eigenvalue weighted by molar-refractivity contribution is 0.911. The van der Waals surface area contributed by atoms with E-state index in [0.29, 0.717) is 0 Å². The first-order valence-electron chi connectivity index (χ1n) is 6.84. The fourth-order valence-corrected chi connectivity index (χ4v) is 3.10. The van der Waals surface area contributed by atoms with Crippen LogP contribution in [0.3, 0.4) is 0 Å². The molecule has 0 radical (unpaired) electrons. The van der Waals surface area contributed by atoms with Crippen LogP contribution in [-0.2, 0) is 19.4 Å². The molecule has 0 aliphatic heterocycles. The summed E-state index contributed by atoms with van der Waals surface area (Å²) in [6.45, 7) is 3.03. The number of aryl methyl sites for hydroxylation is 2. The van der Waals surface area contributed by atoms with Crippen LogP contribution in [0.4, 0.5) is 5.69 Å². The highest BCUT2D eigenvalue weighted by Gasteiger charge is 2.10. The third-order valence-electron chi connectivity index (χ3n) is 3.91. The van der Waals surface area contributed by atoms with Crippen molar-refractivity contribution in [1.29, 1.82) is 0 Å². The fourth-order valence-electron chi connectivity index (χ4n) is 2.73. The minimum absolute atomic E-state index is 0.893. The molecule has 2 aromatic rings. The van der Waals surface area contributed by atoms with Crippen molar-refractivity contribution in [3.05, 3.63) is 63.1 Å². The number of rotatable bonds is 3. The second-order valence-corrected chi connectivity index (χ2v) is 6.08. The summed E-state index contributed by atoms with van der Waals surface area (Å²) in [7, 11) is 0. The van der Waals surface area contributed by atoms with Crippen molar-refractivity contribution in [2.24, 2.45) is 0 Å². The summed E-state index contributed by atoms with van der Waals surface area (Å²) in [5, 5.41) is 3.53. The maximum atomic E-state index is 3.57. The fraction of sp³-hybridized carbons (Fsp3) is 0.294. The first-order chi connectivity index (χ1) is 9.24. The zero-order chi connectivity index (χ0) is 13.2. The number of fused-ring (bicyclic) bond motifs is 1. The van der Waals surface area contributed by atoms with Gasteiger partial charge in [-0.05, 0) is 60.6 Å². The summed E-state index contributed by atoms with van der Waals surface area (Å²) in [5.41, 5.74) is 6.94. The minimum atomic E-state index is 0.893. The van der Waals surface area contributed by atoms with Crippen LogP contribution in [0, 0.1) is 6.92 Å². The van der Waals surface area contributed by atoms with E-state index in [9.17, 15) is 0 Å². The first-order valence-corrected chi connectivity index (χ1v) is 7.63. The predicted octanol–water partition coefficient (Wildman–Crippen LogP) is 4.86. The molecule has 2 aromatic carbocycles. The lowest BCUT2D eigenvalue weighted by Gasteiger charge is -2.11. The van der Waals surface area contributed by atoms with Crippen LogP contribution < -0.4 is 5.32 Å². The molecule has 0 spiro atoms. The zero-order valence-corrected chi connectivity index (χ0v) is 12.8. The number of benzene rings is 2. The Bertz CT molecular complexity index is 604. The molecule has 19 heavy (non-hydrogen) atoms. The zero-order valence-electron chi connectivity index (χ0n) is 11.2. The molecule has 0 aromatic heterocycles. The summed E-state index contributed by atoms with van der Waals surface area (Å²) in [4.78, 5) is 0. The third kappa shape index (κ3) is 2.69. The molecule has 1 N–H and O–H groups in total. The van der Waals surface area contributed by atoms with Crippen molar-refractivity contribution < 1.29 is 0 Å². The van der Waals surface area contributed by atoms with Gasteiger partial charge in [0.1, 0.15) is 0 Å². The lowest BCUT2D eigenvalue weighted by Crippen LogP contribution is -2.02. The molecule has 0 heterocycles. The highest BCUT2D eigenvalue weighted by molar-refractivity contribution is 9.10. The first kappa shape index (κ1) is 12.7. The Hall–Kier alpha value is -1.28. The van der Waals surface area contributed by atoms with E-state index in [-0.39, 0.29) is 0 Å². The van der Waals surface area contributed by atoms with Crippen LogP contribution in [-0.4, -0.2) is 0 Å². The largest absolute Gasteiger partial charge is 0.381 e. The highest BCUT2D eigenvalue weighted by atomic mass is 79.9. The third-order valence-corrected chi connectivity index (χ3v) is 4.77. The minimum Gasteiger partial charge on any atom is -0.381 e. The van der Waals surface area contributed by atoms with E-state index >= 15 is 0 Å². The summed E-state index contributed by atoms with van der Waals surface area (Å²) in [6.07, 6.45) is 3.82. The van der Waals surface area contributed by atoms with Crippen molar-refractivity contribution in [2.45, 2.75) is 32.7 Å². The van der Waals surface area contributed by atoms with Gasteiger partial charge in [0, 0.05) is 16.7 Å². The van der Waals surface area contributed by atoms with Crippen LogP contribution in [0.15, 0.2) is 40.9 Å². The van der Waals surface area contributed by atoms with Crippen molar-refractivity contribution in [1.82, 2.24) is 0 Å². The van der Waals surface area contributed by atoms with Gasteiger partial charge in [-0.3, -0.25) is 0 Å². The van der Waals surface area contributed by atoms with Gasteiger partial charge in [0.15, 0.2) is 0 Å². The van der Waals surface area contributed by atoms with Gasteiger partial charge in [-0.25, -0.2) is 0 Å². The van der Waals surface area contributed by atoms with Crippen LogP contribution in [0.25, 0.3) is 0 Å². The van der Waals surface area contributed by atoms with Crippen molar-refractivity contribution in [3.63, 3.8) is 0 Å². The van der Waals surface area contributed by atoms with Gasteiger partial charge in [-0.15, -0.1) is 0 Å². The number of hydrogen-bond donors (Lipinski definition) is 1. The van der Waals surface area contributed by atoms with Crippen molar-refractivity contribution in [2.75, 3.05) is 5.32 Å². The molecule has 2 heteroatoms. The molecule has 0 saturated heterocycles. The van der Waals surface area contributed by atoms with Crippen molar-refractivity contribution in [3.8, 4) is 0 Å². The number of nitrogens with one attached hydrogen (secondary N) is 1. The smallest absolute Gasteiger partial charge is 0.0400 e. The topological polar surface area (TPSA) is 12.0 Å². The van der Waals surface area contributed by atoms with E-state index in [1.54, 1.807) is 11.1 Å². The molecule has 0 unspecified atom stereocenters. The SMILES string of the molecule is Cc1c(Br)cccc1NCc1ccc2c(c1)CCC2. The Morgan fingerprint density at radius 2 is 1.95 bits per heavy atom. The molecule has 0 saturated carbocycles. The molecular formula is C17H18BrN. The van der Waals surface area contributed by atoms with Crippen LogP contribution >= 0.6 is 15.9 Å². The summed E-state index contributed by atoms with van der Waals surface area (Å²) < 4.78 is 1.16. The molecule has 0 amide bonds. The Morgan fingerprint density at radius 3 is 2.84 bits per heavy atom. The summed E-state index contributed by atoms with van der Waals surface area (Å²) in [5.74, 6) is 0. The molecule has 1 aliphatic carbocycles. The Balaban J connectivity index is 1.74. The van der Waals surface area contributed by atoms with Crippen LogP contribution in [0.1, 0.15) is 28.7 Å². The van der Waals surface area contributed by atoms with Gasteiger partial charge in [0.25, 0.3) is 0 Å². The molecule has 1 nitrogen and oxygen atoms in total. The van der Waals surface area contributed by atoms with Gasteiger partial charge >= 0.3 is 0 Å². The molecule has 0 bridgehead atoms. The average Bonchev–Trinajstić information content (AvgIpc) is 2.88. The van der Waals surface area contributed by atoms with Gasteiger partial charge in [0.2, 0.25) is 0 Å². The molecule has 1 aliphatic rings. The predicted molar refractivity (Wildman–Crippen MR) is 84.7 cm³/mol. The van der Waals surface area contributed by atoms with E-state index in [2.05, 4.69) is 64.6 Å². The Morgan fingerprint density at radius 1 is 1.11 bits per heavy atom. The monoisotopic (exact) mass is 315 g/mol. The summed E-state index contributed by atoms with van der Waals surface area (Å²) in [6, 6.07) is 13.2. The van der Waals surface area contributed by atoms with E-state index < -0.39 is 0 Å².